The van der Waals surface area contributed by atoms with Crippen molar-refractivity contribution in [2.75, 3.05) is 13.2 Å². The Labute approximate surface area is 112 Å². The highest BCUT2D eigenvalue weighted by atomic mass is 16.5. The van der Waals surface area contributed by atoms with E-state index < -0.39 is 0 Å². The predicted octanol–water partition coefficient (Wildman–Crippen LogP) is 2.08. The molecule has 0 amide bonds. The summed E-state index contributed by atoms with van der Waals surface area (Å²) in [6, 6.07) is 7.19. The van der Waals surface area contributed by atoms with Gasteiger partial charge in [0.15, 0.2) is 0 Å². The van der Waals surface area contributed by atoms with Crippen LogP contribution in [0.3, 0.4) is 0 Å². The van der Waals surface area contributed by atoms with Gasteiger partial charge in [0.2, 0.25) is 0 Å². The molecule has 0 aliphatic rings. The third-order valence-electron chi connectivity index (χ3n) is 2.58. The standard InChI is InChI=1S/C14H18N2O3/c17-13-5-4-12(16-10-13)9-15-6-2-7-18-11-14-3-1-8-19-14/h1,3-5,8,10,15,17H,2,6-7,9,11H2. The van der Waals surface area contributed by atoms with E-state index in [1.807, 2.05) is 12.1 Å². The molecule has 2 rings (SSSR count). The lowest BCUT2D eigenvalue weighted by Crippen LogP contribution is -2.17. The van der Waals surface area contributed by atoms with E-state index in [-0.39, 0.29) is 5.75 Å². The molecule has 5 heteroatoms. The minimum Gasteiger partial charge on any atom is -0.506 e. The number of nitrogens with zero attached hydrogens (tertiary/aromatic N) is 1. The first kappa shape index (κ1) is 13.6. The number of hydrogen-bond donors (Lipinski definition) is 2. The summed E-state index contributed by atoms with van der Waals surface area (Å²) in [5, 5.41) is 12.4. The van der Waals surface area contributed by atoms with Crippen LogP contribution in [0.1, 0.15) is 17.9 Å². The molecule has 0 atom stereocenters. The van der Waals surface area contributed by atoms with E-state index in [1.54, 1.807) is 18.4 Å². The fourth-order valence-electron chi connectivity index (χ4n) is 1.60. The lowest BCUT2D eigenvalue weighted by Gasteiger charge is -2.05. The number of rotatable bonds is 8. The van der Waals surface area contributed by atoms with E-state index in [2.05, 4.69) is 10.3 Å². The number of aromatic hydroxyl groups is 1. The summed E-state index contributed by atoms with van der Waals surface area (Å²) < 4.78 is 10.6. The molecule has 19 heavy (non-hydrogen) atoms. The monoisotopic (exact) mass is 262 g/mol. The summed E-state index contributed by atoms with van der Waals surface area (Å²) in [6.45, 7) is 2.77. The van der Waals surface area contributed by atoms with Gasteiger partial charge in [0.1, 0.15) is 18.1 Å². The van der Waals surface area contributed by atoms with Crippen molar-refractivity contribution in [1.29, 1.82) is 0 Å². The lowest BCUT2D eigenvalue weighted by molar-refractivity contribution is 0.104. The highest BCUT2D eigenvalue weighted by Crippen LogP contribution is 2.05. The van der Waals surface area contributed by atoms with Gasteiger partial charge in [-0.1, -0.05) is 0 Å². The predicted molar refractivity (Wildman–Crippen MR) is 70.6 cm³/mol. The average molecular weight is 262 g/mol. The maximum Gasteiger partial charge on any atom is 0.133 e. The van der Waals surface area contributed by atoms with Gasteiger partial charge in [-0.15, -0.1) is 0 Å². The van der Waals surface area contributed by atoms with Crippen molar-refractivity contribution in [3.63, 3.8) is 0 Å². The Balaban J connectivity index is 1.49. The van der Waals surface area contributed by atoms with Crippen molar-refractivity contribution in [3.8, 4) is 5.75 Å². The normalized spacial score (nSPS) is 10.7. The smallest absolute Gasteiger partial charge is 0.133 e. The zero-order valence-corrected chi connectivity index (χ0v) is 10.7. The fourth-order valence-corrected chi connectivity index (χ4v) is 1.60. The molecule has 0 spiro atoms. The summed E-state index contributed by atoms with van der Waals surface area (Å²) in [4.78, 5) is 4.09. The summed E-state index contributed by atoms with van der Waals surface area (Å²) in [7, 11) is 0. The molecule has 102 valence electrons. The summed E-state index contributed by atoms with van der Waals surface area (Å²) in [6.07, 6.45) is 4.02. The molecular weight excluding hydrogens is 244 g/mol. The van der Waals surface area contributed by atoms with Gasteiger partial charge in [0, 0.05) is 13.2 Å². The highest BCUT2D eigenvalue weighted by molar-refractivity contribution is 5.17. The third-order valence-corrected chi connectivity index (χ3v) is 2.58. The molecule has 0 saturated carbocycles. The number of furan rings is 1. The van der Waals surface area contributed by atoms with Gasteiger partial charge in [-0.2, -0.15) is 0 Å². The van der Waals surface area contributed by atoms with Crippen molar-refractivity contribution >= 4 is 0 Å². The minimum atomic E-state index is 0.190. The summed E-state index contributed by atoms with van der Waals surface area (Å²) in [5.41, 5.74) is 0.911. The lowest BCUT2D eigenvalue weighted by atomic mass is 10.3. The second-order valence-electron chi connectivity index (χ2n) is 4.17. The molecule has 0 radical (unpaired) electrons. The van der Waals surface area contributed by atoms with Crippen LogP contribution in [0.4, 0.5) is 0 Å². The average Bonchev–Trinajstić information content (AvgIpc) is 2.93. The van der Waals surface area contributed by atoms with Crippen LogP contribution in [0.2, 0.25) is 0 Å². The number of aromatic nitrogens is 1. The molecule has 2 aromatic rings. The Bertz CT molecular complexity index is 454. The van der Waals surface area contributed by atoms with E-state index in [4.69, 9.17) is 14.3 Å². The van der Waals surface area contributed by atoms with Gasteiger partial charge < -0.3 is 19.6 Å². The van der Waals surface area contributed by atoms with Gasteiger partial charge in [0.25, 0.3) is 0 Å². The van der Waals surface area contributed by atoms with Crippen molar-refractivity contribution in [3.05, 3.63) is 48.2 Å². The maximum absolute atomic E-state index is 9.10. The van der Waals surface area contributed by atoms with Crippen LogP contribution in [0.5, 0.6) is 5.75 Å². The molecule has 2 heterocycles. The van der Waals surface area contributed by atoms with Gasteiger partial charge >= 0.3 is 0 Å². The molecule has 5 nitrogen and oxygen atoms in total. The molecule has 0 aliphatic heterocycles. The van der Waals surface area contributed by atoms with Crippen LogP contribution < -0.4 is 5.32 Å². The molecule has 0 aliphatic carbocycles. The van der Waals surface area contributed by atoms with Gasteiger partial charge in [0.05, 0.1) is 18.2 Å². The zero-order valence-electron chi connectivity index (χ0n) is 10.7. The number of hydrogen-bond acceptors (Lipinski definition) is 5. The van der Waals surface area contributed by atoms with Crippen LogP contribution in [0.15, 0.2) is 41.1 Å². The molecule has 0 saturated heterocycles. The SMILES string of the molecule is Oc1ccc(CNCCCOCc2ccco2)nc1. The molecule has 0 unspecified atom stereocenters. The Morgan fingerprint density at radius 3 is 3.00 bits per heavy atom. The Morgan fingerprint density at radius 2 is 2.26 bits per heavy atom. The molecule has 2 aromatic heterocycles. The second kappa shape index (κ2) is 7.56. The quantitative estimate of drug-likeness (QED) is 0.713. The number of nitrogens with one attached hydrogen (secondary N) is 1. The largest absolute Gasteiger partial charge is 0.506 e. The van der Waals surface area contributed by atoms with Crippen molar-refractivity contribution in [2.45, 2.75) is 19.6 Å². The Hall–Kier alpha value is -1.85. The van der Waals surface area contributed by atoms with Crippen molar-refractivity contribution in [2.24, 2.45) is 0 Å². The second-order valence-corrected chi connectivity index (χ2v) is 4.17. The van der Waals surface area contributed by atoms with Crippen LogP contribution in [-0.4, -0.2) is 23.2 Å². The molecule has 2 N–H and O–H groups in total. The topological polar surface area (TPSA) is 67.5 Å². The van der Waals surface area contributed by atoms with Crippen LogP contribution in [0.25, 0.3) is 0 Å². The fraction of sp³-hybridized carbons (Fsp3) is 0.357. The summed E-state index contributed by atoms with van der Waals surface area (Å²) >= 11 is 0. The van der Waals surface area contributed by atoms with Crippen molar-refractivity contribution in [1.82, 2.24) is 10.3 Å². The first-order valence-electron chi connectivity index (χ1n) is 6.29. The molecular formula is C14H18N2O3. The van der Waals surface area contributed by atoms with Crippen LogP contribution >= 0.6 is 0 Å². The van der Waals surface area contributed by atoms with Crippen LogP contribution in [0, 0.1) is 0 Å². The van der Waals surface area contributed by atoms with Gasteiger partial charge in [-0.3, -0.25) is 4.98 Å². The van der Waals surface area contributed by atoms with E-state index in [9.17, 15) is 0 Å². The number of ether oxygens (including phenoxy) is 1. The van der Waals surface area contributed by atoms with Crippen molar-refractivity contribution < 1.29 is 14.3 Å². The summed E-state index contributed by atoms with van der Waals surface area (Å²) in [5.74, 6) is 1.04. The first-order chi connectivity index (χ1) is 9.34. The molecule has 0 aromatic carbocycles. The maximum atomic E-state index is 9.10. The number of pyridine rings is 1. The third kappa shape index (κ3) is 5.11. The van der Waals surface area contributed by atoms with E-state index in [0.29, 0.717) is 19.8 Å². The zero-order chi connectivity index (χ0) is 13.3. The Kier molecular flexibility index (Phi) is 5.40. The first-order valence-corrected chi connectivity index (χ1v) is 6.29. The van der Waals surface area contributed by atoms with Gasteiger partial charge in [-0.25, -0.2) is 0 Å². The molecule has 0 fully saturated rings. The Morgan fingerprint density at radius 1 is 1.32 bits per heavy atom. The molecule has 0 bridgehead atoms. The van der Waals surface area contributed by atoms with E-state index >= 15 is 0 Å². The van der Waals surface area contributed by atoms with E-state index in [0.717, 1.165) is 24.4 Å². The van der Waals surface area contributed by atoms with Gasteiger partial charge in [-0.05, 0) is 37.2 Å². The van der Waals surface area contributed by atoms with E-state index in [1.165, 1.54) is 6.20 Å². The minimum absolute atomic E-state index is 0.190. The van der Waals surface area contributed by atoms with Crippen LogP contribution in [-0.2, 0) is 17.9 Å². The highest BCUT2D eigenvalue weighted by Gasteiger charge is 1.96.